The maximum atomic E-state index is 10.7. The predicted octanol–water partition coefficient (Wildman–Crippen LogP) is 3.17. The van der Waals surface area contributed by atoms with Crippen LogP contribution in [0.4, 0.5) is 5.69 Å². The highest BCUT2D eigenvalue weighted by atomic mass is 16.7. The fraction of sp³-hybridized carbons (Fsp3) is 0. The molecule has 80 valence electrons. The zero-order valence-electron chi connectivity index (χ0n) is 8.48. The second-order valence-corrected chi connectivity index (χ2v) is 3.09. The third kappa shape index (κ3) is 2.36. The Bertz CT molecular complexity index is 445. The summed E-state index contributed by atoms with van der Waals surface area (Å²) in [7, 11) is 0. The molecule has 16 heavy (non-hydrogen) atoms. The molecule has 4 nitrogen and oxygen atoms in total. The summed E-state index contributed by atoms with van der Waals surface area (Å²) in [5.41, 5.74) is 0.585. The van der Waals surface area contributed by atoms with E-state index in [9.17, 15) is 4.91 Å². The van der Waals surface area contributed by atoms with Crippen molar-refractivity contribution in [3.8, 4) is 5.75 Å². The Kier molecular flexibility index (Phi) is 3.13. The molecule has 0 atom stereocenters. The second-order valence-electron chi connectivity index (χ2n) is 3.09. The minimum absolute atomic E-state index is 0.561. The lowest BCUT2D eigenvalue weighted by atomic mass is 10.3. The van der Waals surface area contributed by atoms with E-state index in [0.717, 1.165) is 5.17 Å². The number of para-hydroxylation sites is 2. The van der Waals surface area contributed by atoms with Crippen molar-refractivity contribution in [2.45, 2.75) is 0 Å². The van der Waals surface area contributed by atoms with Crippen LogP contribution in [0.3, 0.4) is 0 Å². The standard InChI is InChI=1S/C12H10N2O2/c15-13-14(11-7-3-1-4-8-11)16-12-9-5-2-6-10-12/h1-10H. The molecular weight excluding hydrogens is 204 g/mol. The van der Waals surface area contributed by atoms with Crippen LogP contribution >= 0.6 is 0 Å². The molecule has 0 bridgehead atoms. The van der Waals surface area contributed by atoms with Crippen molar-refractivity contribution in [3.63, 3.8) is 0 Å². The number of nitrogens with zero attached hydrogens (tertiary/aromatic N) is 2. The number of rotatable bonds is 4. The lowest BCUT2D eigenvalue weighted by Gasteiger charge is -2.14. The predicted molar refractivity (Wildman–Crippen MR) is 61.8 cm³/mol. The van der Waals surface area contributed by atoms with Gasteiger partial charge in [0.15, 0.2) is 5.75 Å². The van der Waals surface area contributed by atoms with Crippen LogP contribution in [0.15, 0.2) is 65.9 Å². The normalized spacial score (nSPS) is 9.50. The van der Waals surface area contributed by atoms with Crippen LogP contribution < -0.4 is 10.0 Å². The molecule has 0 amide bonds. The monoisotopic (exact) mass is 214 g/mol. The molecule has 0 aromatic heterocycles. The van der Waals surface area contributed by atoms with Crippen LogP contribution in [-0.2, 0) is 0 Å². The van der Waals surface area contributed by atoms with Gasteiger partial charge in [-0.2, -0.15) is 0 Å². The average Bonchev–Trinajstić information content (AvgIpc) is 2.38. The molecule has 2 aromatic carbocycles. The van der Waals surface area contributed by atoms with Gasteiger partial charge in [-0.1, -0.05) is 41.6 Å². The van der Waals surface area contributed by atoms with E-state index >= 15 is 0 Å². The Hall–Kier alpha value is -2.36. The molecule has 0 saturated carbocycles. The molecule has 0 heterocycles. The zero-order valence-corrected chi connectivity index (χ0v) is 8.48. The van der Waals surface area contributed by atoms with Crippen LogP contribution in [0.5, 0.6) is 5.75 Å². The summed E-state index contributed by atoms with van der Waals surface area (Å²) in [5, 5.41) is 3.75. The van der Waals surface area contributed by atoms with E-state index in [-0.39, 0.29) is 0 Å². The molecule has 4 heteroatoms. The van der Waals surface area contributed by atoms with Crippen LogP contribution in [0.1, 0.15) is 0 Å². The summed E-state index contributed by atoms with van der Waals surface area (Å²) in [6.07, 6.45) is 0. The minimum Gasteiger partial charge on any atom is -0.355 e. The van der Waals surface area contributed by atoms with E-state index in [2.05, 4.69) is 5.29 Å². The topological polar surface area (TPSA) is 41.9 Å². The van der Waals surface area contributed by atoms with Crippen molar-refractivity contribution in [1.82, 2.24) is 0 Å². The van der Waals surface area contributed by atoms with Crippen LogP contribution in [0.2, 0.25) is 0 Å². The molecule has 0 aliphatic carbocycles. The number of anilines is 1. The average molecular weight is 214 g/mol. The maximum absolute atomic E-state index is 10.7. The van der Waals surface area contributed by atoms with E-state index < -0.39 is 0 Å². The minimum atomic E-state index is 0.561. The Morgan fingerprint density at radius 2 is 1.44 bits per heavy atom. The SMILES string of the molecule is O=NN(Oc1ccccc1)c1ccccc1. The molecule has 0 N–H and O–H groups in total. The molecule has 0 fully saturated rings. The summed E-state index contributed by atoms with van der Waals surface area (Å²) in [6, 6.07) is 18.0. The van der Waals surface area contributed by atoms with Gasteiger partial charge in [0.05, 0.1) is 5.29 Å². The van der Waals surface area contributed by atoms with Gasteiger partial charge in [0.25, 0.3) is 0 Å². The summed E-state index contributed by atoms with van der Waals surface area (Å²) in [5.74, 6) is 0.561. The van der Waals surface area contributed by atoms with Gasteiger partial charge >= 0.3 is 0 Å². The van der Waals surface area contributed by atoms with E-state index in [1.54, 1.807) is 24.3 Å². The van der Waals surface area contributed by atoms with Gasteiger partial charge in [-0.05, 0) is 24.3 Å². The highest BCUT2D eigenvalue weighted by Crippen LogP contribution is 2.17. The van der Waals surface area contributed by atoms with Crippen molar-refractivity contribution in [2.75, 3.05) is 5.17 Å². The summed E-state index contributed by atoms with van der Waals surface area (Å²) in [4.78, 5) is 16.0. The van der Waals surface area contributed by atoms with Gasteiger partial charge < -0.3 is 4.84 Å². The van der Waals surface area contributed by atoms with Gasteiger partial charge in [0, 0.05) is 0 Å². The van der Waals surface area contributed by atoms with E-state index in [1.807, 2.05) is 36.4 Å². The maximum Gasteiger partial charge on any atom is 0.158 e. The Morgan fingerprint density at radius 1 is 0.875 bits per heavy atom. The van der Waals surface area contributed by atoms with E-state index in [4.69, 9.17) is 4.84 Å². The molecular formula is C12H10N2O2. The largest absolute Gasteiger partial charge is 0.355 e. The second kappa shape index (κ2) is 4.93. The number of hydrogen-bond acceptors (Lipinski definition) is 3. The van der Waals surface area contributed by atoms with Crippen molar-refractivity contribution >= 4 is 5.69 Å². The first-order valence-corrected chi connectivity index (χ1v) is 4.81. The molecule has 0 aliphatic rings. The van der Waals surface area contributed by atoms with Gasteiger partial charge in [0.2, 0.25) is 0 Å². The summed E-state index contributed by atoms with van der Waals surface area (Å²) in [6.45, 7) is 0. The fourth-order valence-electron chi connectivity index (χ4n) is 1.25. The quantitative estimate of drug-likeness (QED) is 0.579. The highest BCUT2D eigenvalue weighted by Gasteiger charge is 2.07. The van der Waals surface area contributed by atoms with Crippen LogP contribution in [-0.4, -0.2) is 0 Å². The van der Waals surface area contributed by atoms with Crippen LogP contribution in [0, 0.1) is 4.91 Å². The van der Waals surface area contributed by atoms with Crippen molar-refractivity contribution in [3.05, 3.63) is 65.6 Å². The Morgan fingerprint density at radius 3 is 2.00 bits per heavy atom. The van der Waals surface area contributed by atoms with Crippen LogP contribution in [0.25, 0.3) is 0 Å². The van der Waals surface area contributed by atoms with Gasteiger partial charge in [-0.15, -0.1) is 4.91 Å². The first kappa shape index (κ1) is 10.2. The molecule has 0 unspecified atom stereocenters. The smallest absolute Gasteiger partial charge is 0.158 e. The molecule has 0 spiro atoms. The molecule has 0 saturated heterocycles. The molecule has 0 aliphatic heterocycles. The van der Waals surface area contributed by atoms with Gasteiger partial charge in [0.1, 0.15) is 5.69 Å². The highest BCUT2D eigenvalue weighted by molar-refractivity contribution is 5.43. The zero-order chi connectivity index (χ0) is 11.2. The Labute approximate surface area is 93.0 Å². The first-order valence-electron chi connectivity index (χ1n) is 4.81. The van der Waals surface area contributed by atoms with Gasteiger partial charge in [-0.25, -0.2) is 0 Å². The molecule has 2 rings (SSSR count). The number of hydrogen-bond donors (Lipinski definition) is 0. The number of nitroso groups, excluding NO2 is 1. The summed E-state index contributed by atoms with van der Waals surface area (Å²) < 4.78 is 0. The third-order valence-corrected chi connectivity index (χ3v) is 1.99. The third-order valence-electron chi connectivity index (χ3n) is 1.99. The molecule has 0 radical (unpaired) electrons. The van der Waals surface area contributed by atoms with E-state index in [0.29, 0.717) is 11.4 Å². The Balaban J connectivity index is 2.16. The van der Waals surface area contributed by atoms with Crippen molar-refractivity contribution < 1.29 is 4.84 Å². The van der Waals surface area contributed by atoms with Crippen molar-refractivity contribution in [1.29, 1.82) is 0 Å². The van der Waals surface area contributed by atoms with Crippen molar-refractivity contribution in [2.24, 2.45) is 5.29 Å². The fourth-order valence-corrected chi connectivity index (χ4v) is 1.25. The van der Waals surface area contributed by atoms with E-state index in [1.165, 1.54) is 0 Å². The lowest BCUT2D eigenvalue weighted by molar-refractivity contribution is 0.282. The number of benzene rings is 2. The molecule has 2 aromatic rings. The summed E-state index contributed by atoms with van der Waals surface area (Å²) >= 11 is 0. The lowest BCUT2D eigenvalue weighted by Crippen LogP contribution is -2.19. The van der Waals surface area contributed by atoms with Gasteiger partial charge in [-0.3, -0.25) is 0 Å². The first-order chi connectivity index (χ1) is 7.90.